The summed E-state index contributed by atoms with van der Waals surface area (Å²) < 4.78 is 4.87. The Morgan fingerprint density at radius 1 is 1.38 bits per heavy atom. The fraction of sp³-hybridized carbons (Fsp3) is 0.750. The Hall–Kier alpha value is -0.710. The molecule has 0 heterocycles. The van der Waals surface area contributed by atoms with Gasteiger partial charge in [-0.05, 0) is 13.8 Å². The fourth-order valence-corrected chi connectivity index (χ4v) is 1.26. The number of carbonyl (C=O) groups excluding carboxylic acids is 2. The standard InChI is InChI=1S/C8H15NO3S/c1-6(2)12-8(11)5-13-4-7(10)9-3/h6H,4-5H2,1-3H3,(H,9,10). The van der Waals surface area contributed by atoms with E-state index in [0.717, 1.165) is 0 Å². The normalized spacial score (nSPS) is 9.85. The van der Waals surface area contributed by atoms with E-state index >= 15 is 0 Å². The van der Waals surface area contributed by atoms with Gasteiger partial charge in [-0.15, -0.1) is 11.8 Å². The molecule has 0 aliphatic rings. The molecule has 4 nitrogen and oxygen atoms in total. The summed E-state index contributed by atoms with van der Waals surface area (Å²) in [5.74, 6) is 0.168. The number of esters is 1. The van der Waals surface area contributed by atoms with Crippen LogP contribution in [0.25, 0.3) is 0 Å². The van der Waals surface area contributed by atoms with Gasteiger partial charge in [0.2, 0.25) is 5.91 Å². The predicted octanol–water partition coefficient (Wildman–Crippen LogP) is 0.417. The molecule has 0 unspecified atom stereocenters. The first kappa shape index (κ1) is 12.3. The zero-order valence-electron chi connectivity index (χ0n) is 8.12. The molecule has 0 atom stereocenters. The van der Waals surface area contributed by atoms with Crippen LogP contribution < -0.4 is 5.32 Å². The first-order chi connectivity index (χ1) is 6.06. The van der Waals surface area contributed by atoms with Crippen LogP contribution >= 0.6 is 11.8 Å². The number of ether oxygens (including phenoxy) is 1. The van der Waals surface area contributed by atoms with Crippen molar-refractivity contribution in [2.24, 2.45) is 0 Å². The van der Waals surface area contributed by atoms with Crippen LogP contribution in [0, 0.1) is 0 Å². The van der Waals surface area contributed by atoms with Crippen LogP contribution in [-0.4, -0.2) is 36.5 Å². The Morgan fingerprint density at radius 3 is 2.46 bits per heavy atom. The maximum atomic E-state index is 10.9. The smallest absolute Gasteiger partial charge is 0.316 e. The number of carbonyl (C=O) groups is 2. The Kier molecular flexibility index (Phi) is 6.40. The lowest BCUT2D eigenvalue weighted by atomic mass is 10.5. The second-order valence-electron chi connectivity index (χ2n) is 2.70. The summed E-state index contributed by atoms with van der Waals surface area (Å²) >= 11 is 1.25. The molecule has 1 amide bonds. The van der Waals surface area contributed by atoms with Crippen molar-refractivity contribution >= 4 is 23.6 Å². The molecule has 0 aromatic rings. The lowest BCUT2D eigenvalue weighted by Gasteiger charge is -2.06. The monoisotopic (exact) mass is 205 g/mol. The van der Waals surface area contributed by atoms with Crippen LogP contribution in [0.4, 0.5) is 0 Å². The average Bonchev–Trinajstić information content (AvgIpc) is 2.02. The SMILES string of the molecule is CNC(=O)CSCC(=O)OC(C)C. The molecule has 1 N–H and O–H groups in total. The molecule has 0 rings (SSSR count). The minimum atomic E-state index is -0.274. The van der Waals surface area contributed by atoms with E-state index < -0.39 is 0 Å². The molecular weight excluding hydrogens is 190 g/mol. The number of hydrogen-bond donors (Lipinski definition) is 1. The summed E-state index contributed by atoms with van der Waals surface area (Å²) in [5.41, 5.74) is 0. The van der Waals surface area contributed by atoms with E-state index in [2.05, 4.69) is 5.32 Å². The number of hydrogen-bond acceptors (Lipinski definition) is 4. The molecule has 0 aliphatic heterocycles. The minimum absolute atomic E-state index is 0.0812. The van der Waals surface area contributed by atoms with Gasteiger partial charge in [0, 0.05) is 7.05 Å². The van der Waals surface area contributed by atoms with Gasteiger partial charge < -0.3 is 10.1 Å². The molecule has 0 aliphatic carbocycles. The quantitative estimate of drug-likeness (QED) is 0.661. The molecule has 0 bridgehead atoms. The van der Waals surface area contributed by atoms with Gasteiger partial charge in [0.15, 0.2) is 0 Å². The zero-order chi connectivity index (χ0) is 10.3. The summed E-state index contributed by atoms with van der Waals surface area (Å²) in [6.07, 6.45) is -0.0897. The summed E-state index contributed by atoms with van der Waals surface area (Å²) in [5, 5.41) is 2.47. The lowest BCUT2D eigenvalue weighted by Crippen LogP contribution is -2.21. The number of amides is 1. The van der Waals surface area contributed by atoms with Gasteiger partial charge in [0.1, 0.15) is 0 Å². The fourth-order valence-electron chi connectivity index (χ4n) is 0.596. The Balaban J connectivity index is 3.42. The largest absolute Gasteiger partial charge is 0.462 e. The molecule has 0 aromatic carbocycles. The van der Waals surface area contributed by atoms with E-state index in [1.807, 2.05) is 0 Å². The van der Waals surface area contributed by atoms with Gasteiger partial charge in [-0.1, -0.05) is 0 Å². The maximum Gasteiger partial charge on any atom is 0.316 e. The van der Waals surface area contributed by atoms with Gasteiger partial charge in [0.05, 0.1) is 17.6 Å². The minimum Gasteiger partial charge on any atom is -0.462 e. The van der Waals surface area contributed by atoms with Crippen LogP contribution in [0.5, 0.6) is 0 Å². The highest BCUT2D eigenvalue weighted by Crippen LogP contribution is 2.01. The molecule has 0 saturated carbocycles. The summed E-state index contributed by atoms with van der Waals surface area (Å²) in [7, 11) is 1.56. The second-order valence-corrected chi connectivity index (χ2v) is 3.69. The van der Waals surface area contributed by atoms with Crippen molar-refractivity contribution in [3.05, 3.63) is 0 Å². The third-order valence-electron chi connectivity index (χ3n) is 1.10. The van der Waals surface area contributed by atoms with Gasteiger partial charge >= 0.3 is 5.97 Å². The highest BCUT2D eigenvalue weighted by molar-refractivity contribution is 8.00. The van der Waals surface area contributed by atoms with Gasteiger partial charge in [-0.3, -0.25) is 9.59 Å². The van der Waals surface area contributed by atoms with E-state index in [9.17, 15) is 9.59 Å². The van der Waals surface area contributed by atoms with Crippen LogP contribution in [-0.2, 0) is 14.3 Å². The van der Waals surface area contributed by atoms with Crippen LogP contribution in [0.1, 0.15) is 13.8 Å². The lowest BCUT2D eigenvalue weighted by molar-refractivity contribution is -0.144. The Bertz CT molecular complexity index is 182. The predicted molar refractivity (Wildman–Crippen MR) is 52.6 cm³/mol. The topological polar surface area (TPSA) is 55.4 Å². The highest BCUT2D eigenvalue weighted by Gasteiger charge is 2.06. The molecule has 0 spiro atoms. The van der Waals surface area contributed by atoms with E-state index in [4.69, 9.17) is 4.74 Å². The summed E-state index contributed by atoms with van der Waals surface area (Å²) in [4.78, 5) is 21.7. The number of nitrogens with one attached hydrogen (secondary N) is 1. The van der Waals surface area contributed by atoms with Crippen molar-refractivity contribution in [2.45, 2.75) is 20.0 Å². The molecule has 76 valence electrons. The van der Waals surface area contributed by atoms with E-state index in [1.165, 1.54) is 11.8 Å². The summed E-state index contributed by atoms with van der Waals surface area (Å²) in [6, 6.07) is 0. The molecule has 13 heavy (non-hydrogen) atoms. The molecule has 0 aromatic heterocycles. The number of rotatable bonds is 5. The first-order valence-electron chi connectivity index (χ1n) is 4.04. The molecular formula is C8H15NO3S. The van der Waals surface area contributed by atoms with Gasteiger partial charge in [-0.2, -0.15) is 0 Å². The van der Waals surface area contributed by atoms with Crippen molar-refractivity contribution in [3.63, 3.8) is 0 Å². The van der Waals surface area contributed by atoms with Crippen molar-refractivity contribution in [3.8, 4) is 0 Å². The van der Waals surface area contributed by atoms with Crippen molar-refractivity contribution < 1.29 is 14.3 Å². The molecule has 0 saturated heterocycles. The molecule has 0 fully saturated rings. The van der Waals surface area contributed by atoms with Crippen molar-refractivity contribution in [1.82, 2.24) is 5.32 Å². The first-order valence-corrected chi connectivity index (χ1v) is 5.19. The van der Waals surface area contributed by atoms with E-state index in [-0.39, 0.29) is 23.7 Å². The average molecular weight is 205 g/mol. The Labute approximate surface area is 82.4 Å². The second kappa shape index (κ2) is 6.77. The third kappa shape index (κ3) is 7.64. The van der Waals surface area contributed by atoms with Crippen LogP contribution in [0.3, 0.4) is 0 Å². The van der Waals surface area contributed by atoms with Crippen LogP contribution in [0.2, 0.25) is 0 Å². The van der Waals surface area contributed by atoms with Crippen LogP contribution in [0.15, 0.2) is 0 Å². The summed E-state index contributed by atoms with van der Waals surface area (Å²) in [6.45, 7) is 3.59. The Morgan fingerprint density at radius 2 is 2.00 bits per heavy atom. The van der Waals surface area contributed by atoms with Crippen molar-refractivity contribution in [2.75, 3.05) is 18.6 Å². The van der Waals surface area contributed by atoms with E-state index in [1.54, 1.807) is 20.9 Å². The van der Waals surface area contributed by atoms with Gasteiger partial charge in [-0.25, -0.2) is 0 Å². The molecule has 0 radical (unpaired) electrons. The van der Waals surface area contributed by atoms with Crippen molar-refractivity contribution in [1.29, 1.82) is 0 Å². The highest BCUT2D eigenvalue weighted by atomic mass is 32.2. The number of thioether (sulfide) groups is 1. The molecule has 5 heteroatoms. The van der Waals surface area contributed by atoms with E-state index in [0.29, 0.717) is 5.75 Å². The third-order valence-corrected chi connectivity index (χ3v) is 2.01. The van der Waals surface area contributed by atoms with Gasteiger partial charge in [0.25, 0.3) is 0 Å². The zero-order valence-corrected chi connectivity index (χ0v) is 8.94. The maximum absolute atomic E-state index is 10.9.